The van der Waals surface area contributed by atoms with Gasteiger partial charge in [-0.3, -0.25) is 9.80 Å². The molecule has 1 unspecified atom stereocenters. The molecule has 7 nitrogen and oxygen atoms in total. The van der Waals surface area contributed by atoms with Crippen LogP contribution >= 0.6 is 11.6 Å². The number of primary sulfonamides is 1. The summed E-state index contributed by atoms with van der Waals surface area (Å²) in [5, 5.41) is 5.94. The van der Waals surface area contributed by atoms with Crippen molar-refractivity contribution in [3.63, 3.8) is 0 Å². The van der Waals surface area contributed by atoms with Crippen LogP contribution in [0.3, 0.4) is 0 Å². The fourth-order valence-corrected chi connectivity index (χ4v) is 5.36. The Morgan fingerprint density at radius 1 is 0.875 bits per heavy atom. The largest absolute Gasteiger partial charge is 0.457 e. The first-order valence-electron chi connectivity index (χ1n) is 11.8. The molecule has 4 aromatic carbocycles. The van der Waals surface area contributed by atoms with E-state index in [9.17, 15) is 26.4 Å². The number of ether oxygens (including phenoxy) is 1. The third-order valence-corrected chi connectivity index (χ3v) is 7.54. The molecule has 0 radical (unpaired) electrons. The topological polar surface area (TPSA) is 92.9 Å². The number of anilines is 2. The van der Waals surface area contributed by atoms with Crippen LogP contribution in [-0.2, 0) is 16.2 Å². The minimum atomic E-state index is -4.59. The van der Waals surface area contributed by atoms with Gasteiger partial charge in [0.2, 0.25) is 10.0 Å². The van der Waals surface area contributed by atoms with Crippen molar-refractivity contribution in [3.8, 4) is 11.5 Å². The summed E-state index contributed by atoms with van der Waals surface area (Å²) in [7, 11) is -4.21. The van der Waals surface area contributed by atoms with Crippen LogP contribution in [0.1, 0.15) is 17.2 Å². The summed E-state index contributed by atoms with van der Waals surface area (Å²) in [6.45, 7) is -0.129. The van der Waals surface area contributed by atoms with E-state index in [1.54, 1.807) is 54.6 Å². The minimum Gasteiger partial charge on any atom is -0.457 e. The molecule has 12 heteroatoms. The molecular weight excluding hydrogens is 567 g/mol. The SMILES string of the molecule is NS(=O)(=O)c1ccccc1N1CC(c2cccc(C(F)(F)F)c2)N(c2ccc(Oc3ccc(Cl)cc3)cc2)C1=O. The smallest absolute Gasteiger partial charge is 0.416 e. The highest BCUT2D eigenvalue weighted by molar-refractivity contribution is 7.89. The molecule has 1 heterocycles. The number of alkyl halides is 3. The number of sulfonamides is 1. The number of nitrogens with zero attached hydrogens (tertiary/aromatic N) is 2. The zero-order valence-electron chi connectivity index (χ0n) is 20.5. The molecule has 1 fully saturated rings. The molecular formula is C28H21ClF3N3O4S. The standard InChI is InChI=1S/C28H21ClF3N3O4S/c29-20-8-12-22(13-9-20)39-23-14-10-21(11-15-23)35-25(18-4-3-5-19(16-18)28(30,31)32)17-34(27(35)36)24-6-1-2-7-26(24)40(33,37)38/h1-16,25H,17H2,(H2,33,37,38). The Labute approximate surface area is 233 Å². The van der Waals surface area contributed by atoms with E-state index in [1.165, 1.54) is 40.1 Å². The second-order valence-electron chi connectivity index (χ2n) is 8.96. The quantitative estimate of drug-likeness (QED) is 0.263. The van der Waals surface area contributed by atoms with Crippen LogP contribution in [-0.4, -0.2) is 21.0 Å². The van der Waals surface area contributed by atoms with Gasteiger partial charge < -0.3 is 4.74 Å². The Morgan fingerprint density at radius 2 is 1.50 bits per heavy atom. The average molecular weight is 588 g/mol. The molecule has 0 spiro atoms. The molecule has 0 bridgehead atoms. The fourth-order valence-electron chi connectivity index (χ4n) is 4.50. The van der Waals surface area contributed by atoms with Gasteiger partial charge in [-0.2, -0.15) is 13.2 Å². The molecule has 4 aromatic rings. The normalized spacial score (nSPS) is 15.9. The predicted molar refractivity (Wildman–Crippen MR) is 145 cm³/mol. The summed E-state index contributed by atoms with van der Waals surface area (Å²) in [4.78, 5) is 16.0. The maximum atomic E-state index is 13.8. The molecule has 0 aliphatic carbocycles. The van der Waals surface area contributed by atoms with E-state index in [1.807, 2.05) is 0 Å². The lowest BCUT2D eigenvalue weighted by molar-refractivity contribution is -0.137. The van der Waals surface area contributed by atoms with Gasteiger partial charge in [0.1, 0.15) is 16.4 Å². The summed E-state index contributed by atoms with van der Waals surface area (Å²) in [5.41, 5.74) is -0.253. The van der Waals surface area contributed by atoms with Crippen molar-refractivity contribution in [2.45, 2.75) is 17.1 Å². The van der Waals surface area contributed by atoms with Crippen molar-refractivity contribution in [2.75, 3.05) is 16.3 Å². The van der Waals surface area contributed by atoms with E-state index < -0.39 is 33.8 Å². The molecule has 1 aliphatic rings. The van der Waals surface area contributed by atoms with Crippen molar-refractivity contribution in [3.05, 3.63) is 113 Å². The maximum absolute atomic E-state index is 13.8. The van der Waals surface area contributed by atoms with Crippen molar-refractivity contribution < 1.29 is 31.1 Å². The molecule has 1 aliphatic heterocycles. The minimum absolute atomic E-state index is 0.0252. The van der Waals surface area contributed by atoms with Gasteiger partial charge in [-0.1, -0.05) is 35.9 Å². The van der Waals surface area contributed by atoms with Gasteiger partial charge in [-0.05, 0) is 78.4 Å². The third kappa shape index (κ3) is 5.62. The Bertz CT molecular complexity index is 1660. The van der Waals surface area contributed by atoms with Crippen molar-refractivity contribution in [1.29, 1.82) is 0 Å². The molecule has 40 heavy (non-hydrogen) atoms. The number of carbonyl (C=O) groups excluding carboxylic acids is 1. The van der Waals surface area contributed by atoms with Crippen molar-refractivity contribution in [1.82, 2.24) is 0 Å². The molecule has 2 N–H and O–H groups in total. The summed E-state index contributed by atoms with van der Waals surface area (Å²) in [6, 6.07) is 22.0. The second kappa shape index (κ2) is 10.5. The summed E-state index contributed by atoms with van der Waals surface area (Å²) >= 11 is 5.91. The van der Waals surface area contributed by atoms with Crippen molar-refractivity contribution >= 4 is 39.0 Å². The van der Waals surface area contributed by atoms with Crippen LogP contribution in [0.25, 0.3) is 0 Å². The van der Waals surface area contributed by atoms with Gasteiger partial charge in [0.05, 0.1) is 23.8 Å². The first kappa shape index (κ1) is 27.5. The number of rotatable bonds is 6. The van der Waals surface area contributed by atoms with E-state index in [0.29, 0.717) is 22.2 Å². The number of benzene rings is 4. The lowest BCUT2D eigenvalue weighted by atomic mass is 10.0. The zero-order valence-corrected chi connectivity index (χ0v) is 22.1. The van der Waals surface area contributed by atoms with Crippen LogP contribution in [0.2, 0.25) is 5.02 Å². The van der Waals surface area contributed by atoms with Crippen LogP contribution in [0, 0.1) is 0 Å². The first-order chi connectivity index (χ1) is 18.9. The molecule has 5 rings (SSSR count). The molecule has 0 aromatic heterocycles. The molecule has 0 saturated carbocycles. The first-order valence-corrected chi connectivity index (χ1v) is 13.8. The molecule has 1 atom stereocenters. The van der Waals surface area contributed by atoms with E-state index in [4.69, 9.17) is 21.5 Å². The lowest BCUT2D eigenvalue weighted by Crippen LogP contribution is -2.33. The zero-order chi connectivity index (χ0) is 28.7. The van der Waals surface area contributed by atoms with Crippen LogP contribution < -0.4 is 19.7 Å². The highest BCUT2D eigenvalue weighted by Gasteiger charge is 2.42. The number of hydrogen-bond acceptors (Lipinski definition) is 4. The van der Waals surface area contributed by atoms with Gasteiger partial charge in [0, 0.05) is 10.7 Å². The van der Waals surface area contributed by atoms with Crippen LogP contribution in [0.5, 0.6) is 11.5 Å². The summed E-state index contributed by atoms with van der Waals surface area (Å²) < 4.78 is 70.9. The van der Waals surface area contributed by atoms with Crippen LogP contribution in [0.15, 0.2) is 102 Å². The monoisotopic (exact) mass is 587 g/mol. The number of carbonyl (C=O) groups is 1. The summed E-state index contributed by atoms with van der Waals surface area (Å²) in [5.74, 6) is 0.979. The van der Waals surface area contributed by atoms with E-state index in [-0.39, 0.29) is 22.7 Å². The average Bonchev–Trinajstić information content (AvgIpc) is 3.26. The molecule has 1 saturated heterocycles. The number of hydrogen-bond donors (Lipinski definition) is 1. The Hall–Kier alpha value is -4.06. The number of nitrogens with two attached hydrogens (primary N) is 1. The summed E-state index contributed by atoms with van der Waals surface area (Å²) in [6.07, 6.45) is -4.59. The Morgan fingerprint density at radius 3 is 2.12 bits per heavy atom. The lowest BCUT2D eigenvalue weighted by Gasteiger charge is -2.24. The van der Waals surface area contributed by atoms with Crippen molar-refractivity contribution in [2.24, 2.45) is 5.14 Å². The van der Waals surface area contributed by atoms with E-state index in [2.05, 4.69) is 0 Å². The van der Waals surface area contributed by atoms with Gasteiger partial charge in [0.25, 0.3) is 0 Å². The number of halogens is 4. The highest BCUT2D eigenvalue weighted by atomic mass is 35.5. The fraction of sp³-hybridized carbons (Fsp3) is 0.107. The third-order valence-electron chi connectivity index (χ3n) is 6.33. The Kier molecular flexibility index (Phi) is 7.21. The van der Waals surface area contributed by atoms with Gasteiger partial charge in [0.15, 0.2) is 0 Å². The van der Waals surface area contributed by atoms with Crippen LogP contribution in [0.4, 0.5) is 29.3 Å². The van der Waals surface area contributed by atoms with E-state index >= 15 is 0 Å². The number of amides is 2. The van der Waals surface area contributed by atoms with Gasteiger partial charge in [-0.25, -0.2) is 18.4 Å². The Balaban J connectivity index is 1.55. The maximum Gasteiger partial charge on any atom is 0.416 e. The predicted octanol–water partition coefficient (Wildman–Crippen LogP) is 6.99. The highest BCUT2D eigenvalue weighted by Crippen LogP contribution is 2.41. The number of urea groups is 1. The molecule has 2 amide bonds. The molecule has 206 valence electrons. The van der Waals surface area contributed by atoms with E-state index in [0.717, 1.165) is 12.1 Å². The van der Waals surface area contributed by atoms with Gasteiger partial charge in [-0.15, -0.1) is 0 Å². The van der Waals surface area contributed by atoms with Gasteiger partial charge >= 0.3 is 12.2 Å². The number of para-hydroxylation sites is 1. The second-order valence-corrected chi connectivity index (χ2v) is 10.9.